The Labute approximate surface area is 97.7 Å². The molecular weight excluding hydrogens is 222 g/mol. The summed E-state index contributed by atoms with van der Waals surface area (Å²) < 4.78 is 22.3. The van der Waals surface area contributed by atoms with Crippen molar-refractivity contribution in [2.45, 2.75) is 32.4 Å². The van der Waals surface area contributed by atoms with Crippen LogP contribution in [0.4, 0.5) is 0 Å². The highest BCUT2D eigenvalue weighted by Crippen LogP contribution is 2.20. The molecule has 4 heteroatoms. The Balaban J connectivity index is 2.87. The van der Waals surface area contributed by atoms with Crippen LogP contribution in [0.3, 0.4) is 0 Å². The third-order valence-corrected chi connectivity index (χ3v) is 3.84. The molecule has 0 bridgehead atoms. The minimum Gasteiger partial charge on any atom is -0.228 e. The first-order valence-electron chi connectivity index (χ1n) is 5.41. The smallest absolute Gasteiger partial charge is 0.215 e. The van der Waals surface area contributed by atoms with Crippen molar-refractivity contribution in [1.82, 2.24) is 0 Å². The number of hydrogen-bond acceptors (Lipinski definition) is 2. The van der Waals surface area contributed by atoms with Crippen LogP contribution in [0.2, 0.25) is 0 Å². The zero-order chi connectivity index (χ0) is 12.3. The molecule has 1 unspecified atom stereocenters. The Hall–Kier alpha value is -0.870. The lowest BCUT2D eigenvalue weighted by molar-refractivity contribution is 0.588. The molecule has 0 fully saturated rings. The van der Waals surface area contributed by atoms with Gasteiger partial charge < -0.3 is 0 Å². The summed E-state index contributed by atoms with van der Waals surface area (Å²) >= 11 is 0. The van der Waals surface area contributed by atoms with Gasteiger partial charge in [0.15, 0.2) is 0 Å². The second kappa shape index (κ2) is 4.97. The van der Waals surface area contributed by atoms with Crippen LogP contribution in [0.1, 0.15) is 37.1 Å². The Morgan fingerprint density at radius 1 is 1.12 bits per heavy atom. The van der Waals surface area contributed by atoms with Gasteiger partial charge in [-0.05, 0) is 30.4 Å². The normalized spacial score (nSPS) is 14.1. The van der Waals surface area contributed by atoms with Gasteiger partial charge in [-0.3, -0.25) is 0 Å². The maximum absolute atomic E-state index is 11.2. The lowest BCUT2D eigenvalue weighted by atomic mass is 10.0. The van der Waals surface area contributed by atoms with Crippen molar-refractivity contribution in [1.29, 1.82) is 0 Å². The van der Waals surface area contributed by atoms with E-state index in [1.807, 2.05) is 24.3 Å². The summed E-state index contributed by atoms with van der Waals surface area (Å²) in [5.41, 5.74) is 1.97. The van der Waals surface area contributed by atoms with Crippen molar-refractivity contribution < 1.29 is 8.42 Å². The SMILES string of the molecule is CC(C)Cc1ccc(C(C)S(N)(=O)=O)cc1. The summed E-state index contributed by atoms with van der Waals surface area (Å²) in [4.78, 5) is 0. The average molecular weight is 241 g/mol. The molecule has 0 saturated carbocycles. The maximum Gasteiger partial charge on any atom is 0.215 e. The van der Waals surface area contributed by atoms with Gasteiger partial charge in [0.2, 0.25) is 10.0 Å². The van der Waals surface area contributed by atoms with E-state index in [-0.39, 0.29) is 0 Å². The Kier molecular flexibility index (Phi) is 4.10. The first kappa shape index (κ1) is 13.2. The zero-order valence-corrected chi connectivity index (χ0v) is 10.8. The van der Waals surface area contributed by atoms with E-state index in [0.717, 1.165) is 12.0 Å². The number of benzene rings is 1. The van der Waals surface area contributed by atoms with Gasteiger partial charge in [0.1, 0.15) is 0 Å². The first-order valence-corrected chi connectivity index (χ1v) is 7.02. The molecule has 0 saturated heterocycles. The van der Waals surface area contributed by atoms with Crippen molar-refractivity contribution in [3.63, 3.8) is 0 Å². The van der Waals surface area contributed by atoms with Crippen LogP contribution in [0, 0.1) is 5.92 Å². The quantitative estimate of drug-likeness (QED) is 0.878. The summed E-state index contributed by atoms with van der Waals surface area (Å²) in [5.74, 6) is 0.599. The molecule has 0 spiro atoms. The van der Waals surface area contributed by atoms with E-state index < -0.39 is 15.3 Å². The molecule has 0 radical (unpaired) electrons. The molecule has 1 aromatic carbocycles. The zero-order valence-electron chi connectivity index (χ0n) is 9.97. The molecule has 0 aliphatic heterocycles. The fourth-order valence-corrected chi connectivity index (χ4v) is 2.12. The first-order chi connectivity index (χ1) is 7.30. The summed E-state index contributed by atoms with van der Waals surface area (Å²) in [6.07, 6.45) is 1.00. The highest BCUT2D eigenvalue weighted by molar-refractivity contribution is 7.89. The monoisotopic (exact) mass is 241 g/mol. The minimum atomic E-state index is -3.49. The topological polar surface area (TPSA) is 60.2 Å². The van der Waals surface area contributed by atoms with E-state index in [9.17, 15) is 8.42 Å². The van der Waals surface area contributed by atoms with Crippen LogP contribution < -0.4 is 5.14 Å². The van der Waals surface area contributed by atoms with Crippen LogP contribution in [0.25, 0.3) is 0 Å². The number of nitrogens with two attached hydrogens (primary N) is 1. The Bertz CT molecular complexity index is 435. The summed E-state index contributed by atoms with van der Waals surface area (Å²) in [6, 6.07) is 7.62. The van der Waals surface area contributed by atoms with E-state index in [4.69, 9.17) is 5.14 Å². The van der Waals surface area contributed by atoms with Crippen molar-refractivity contribution in [2.75, 3.05) is 0 Å². The lowest BCUT2D eigenvalue weighted by Gasteiger charge is -2.11. The van der Waals surface area contributed by atoms with Crippen LogP contribution in [0.5, 0.6) is 0 Å². The fourth-order valence-electron chi connectivity index (χ4n) is 1.59. The highest BCUT2D eigenvalue weighted by atomic mass is 32.2. The van der Waals surface area contributed by atoms with E-state index in [2.05, 4.69) is 13.8 Å². The third kappa shape index (κ3) is 3.61. The molecule has 2 N–H and O–H groups in total. The summed E-state index contributed by atoms with van der Waals surface area (Å²) in [7, 11) is -3.49. The van der Waals surface area contributed by atoms with Gasteiger partial charge in [-0.25, -0.2) is 13.6 Å². The molecule has 16 heavy (non-hydrogen) atoms. The summed E-state index contributed by atoms with van der Waals surface area (Å²) in [5, 5.41) is 4.46. The standard InChI is InChI=1S/C12H19NO2S/c1-9(2)8-11-4-6-12(7-5-11)10(3)16(13,14)15/h4-7,9-10H,8H2,1-3H3,(H2,13,14,15). The van der Waals surface area contributed by atoms with Gasteiger partial charge in [-0.1, -0.05) is 38.1 Å². The van der Waals surface area contributed by atoms with Gasteiger partial charge in [0, 0.05) is 0 Å². The third-order valence-electron chi connectivity index (χ3n) is 2.59. The van der Waals surface area contributed by atoms with Crippen LogP contribution in [-0.4, -0.2) is 8.42 Å². The van der Waals surface area contributed by atoms with Crippen LogP contribution in [0.15, 0.2) is 24.3 Å². The second-order valence-corrected chi connectivity index (χ2v) is 6.46. The molecule has 0 heterocycles. The summed E-state index contributed by atoms with van der Waals surface area (Å²) in [6.45, 7) is 5.91. The van der Waals surface area contributed by atoms with Gasteiger partial charge in [-0.2, -0.15) is 0 Å². The Morgan fingerprint density at radius 3 is 2.00 bits per heavy atom. The number of hydrogen-bond donors (Lipinski definition) is 1. The van der Waals surface area contributed by atoms with Crippen LogP contribution >= 0.6 is 0 Å². The molecule has 0 amide bonds. The van der Waals surface area contributed by atoms with E-state index >= 15 is 0 Å². The molecular formula is C12H19NO2S. The Morgan fingerprint density at radius 2 is 1.62 bits per heavy atom. The van der Waals surface area contributed by atoms with Crippen molar-refractivity contribution >= 4 is 10.0 Å². The largest absolute Gasteiger partial charge is 0.228 e. The van der Waals surface area contributed by atoms with Gasteiger partial charge in [0.25, 0.3) is 0 Å². The van der Waals surface area contributed by atoms with E-state index in [1.165, 1.54) is 5.56 Å². The number of sulfonamides is 1. The highest BCUT2D eigenvalue weighted by Gasteiger charge is 2.17. The van der Waals surface area contributed by atoms with Crippen molar-refractivity contribution in [3.8, 4) is 0 Å². The van der Waals surface area contributed by atoms with E-state index in [1.54, 1.807) is 6.92 Å². The van der Waals surface area contributed by atoms with Crippen molar-refractivity contribution in [3.05, 3.63) is 35.4 Å². The van der Waals surface area contributed by atoms with Gasteiger partial charge in [-0.15, -0.1) is 0 Å². The molecule has 1 aromatic rings. The molecule has 1 atom stereocenters. The molecule has 90 valence electrons. The number of rotatable bonds is 4. The molecule has 0 aliphatic rings. The van der Waals surface area contributed by atoms with Crippen LogP contribution in [-0.2, 0) is 16.4 Å². The molecule has 1 rings (SSSR count). The molecule has 0 aliphatic carbocycles. The van der Waals surface area contributed by atoms with E-state index in [0.29, 0.717) is 5.92 Å². The predicted octanol–water partition coefficient (Wildman–Crippen LogP) is 2.23. The van der Waals surface area contributed by atoms with Gasteiger partial charge in [0.05, 0.1) is 5.25 Å². The average Bonchev–Trinajstić information content (AvgIpc) is 2.15. The molecule has 0 aromatic heterocycles. The lowest BCUT2D eigenvalue weighted by Crippen LogP contribution is -2.19. The fraction of sp³-hybridized carbons (Fsp3) is 0.500. The van der Waals surface area contributed by atoms with Crippen molar-refractivity contribution in [2.24, 2.45) is 11.1 Å². The number of primary sulfonamides is 1. The van der Waals surface area contributed by atoms with Gasteiger partial charge >= 0.3 is 0 Å². The predicted molar refractivity (Wildman–Crippen MR) is 66.5 cm³/mol. The minimum absolute atomic E-state index is 0.599. The second-order valence-electron chi connectivity index (χ2n) is 4.57. The maximum atomic E-state index is 11.2. The molecule has 3 nitrogen and oxygen atoms in total.